The first-order valence-corrected chi connectivity index (χ1v) is 6.08. The molecule has 7 heteroatoms. The van der Waals surface area contributed by atoms with Crippen molar-refractivity contribution in [3.63, 3.8) is 0 Å². The van der Waals surface area contributed by atoms with Crippen LogP contribution in [0.4, 0.5) is 6.01 Å². The van der Waals surface area contributed by atoms with Crippen LogP contribution in [0.3, 0.4) is 0 Å². The van der Waals surface area contributed by atoms with Gasteiger partial charge in [-0.05, 0) is 27.8 Å². The first-order chi connectivity index (χ1) is 8.56. The molecule has 0 bridgehead atoms. The average Bonchev–Trinajstić information content (AvgIpc) is 2.74. The fourth-order valence-electron chi connectivity index (χ4n) is 1.45. The van der Waals surface area contributed by atoms with Gasteiger partial charge in [-0.25, -0.2) is 0 Å². The molecule has 0 radical (unpaired) electrons. The third-order valence-corrected chi connectivity index (χ3v) is 2.22. The van der Waals surface area contributed by atoms with E-state index in [1.54, 1.807) is 11.9 Å². The van der Waals surface area contributed by atoms with Gasteiger partial charge in [0, 0.05) is 12.6 Å². The first kappa shape index (κ1) is 14.4. The van der Waals surface area contributed by atoms with Crippen molar-refractivity contribution in [2.45, 2.75) is 33.4 Å². The molecule has 0 saturated carbocycles. The third-order valence-electron chi connectivity index (χ3n) is 2.22. The van der Waals surface area contributed by atoms with Gasteiger partial charge in [0.05, 0.1) is 6.54 Å². The monoisotopic (exact) mass is 255 g/mol. The summed E-state index contributed by atoms with van der Waals surface area (Å²) in [7, 11) is 1.80. The summed E-state index contributed by atoms with van der Waals surface area (Å²) in [5, 5.41) is 13.6. The van der Waals surface area contributed by atoms with Crippen LogP contribution in [-0.2, 0) is 11.3 Å². The molecule has 0 unspecified atom stereocenters. The highest BCUT2D eigenvalue weighted by molar-refractivity contribution is 5.80. The molecule has 0 atom stereocenters. The Morgan fingerprint density at radius 1 is 1.44 bits per heavy atom. The molecule has 0 aromatic carbocycles. The lowest BCUT2D eigenvalue weighted by molar-refractivity contribution is -0.120. The van der Waals surface area contributed by atoms with E-state index in [1.807, 2.05) is 20.8 Å². The van der Waals surface area contributed by atoms with E-state index >= 15 is 0 Å². The summed E-state index contributed by atoms with van der Waals surface area (Å²) < 4.78 is 5.44. The number of carbonyl (C=O) groups excluding carboxylic acids is 1. The van der Waals surface area contributed by atoms with E-state index in [-0.39, 0.29) is 18.5 Å². The lowest BCUT2D eigenvalue weighted by Crippen LogP contribution is -2.40. The Hall–Kier alpha value is -1.63. The van der Waals surface area contributed by atoms with E-state index in [1.165, 1.54) is 0 Å². The number of rotatable bonds is 7. The molecule has 0 spiro atoms. The number of anilines is 1. The predicted octanol–water partition coefficient (Wildman–Crippen LogP) is 0.140. The Bertz CT molecular complexity index is 377. The van der Waals surface area contributed by atoms with Crippen LogP contribution in [0.15, 0.2) is 4.42 Å². The van der Waals surface area contributed by atoms with Crippen LogP contribution in [-0.4, -0.2) is 42.3 Å². The molecule has 1 amide bonds. The second kappa shape index (κ2) is 6.95. The van der Waals surface area contributed by atoms with Crippen molar-refractivity contribution in [1.29, 1.82) is 0 Å². The minimum atomic E-state index is -0.0554. The third kappa shape index (κ3) is 4.33. The number of hydrogen-bond acceptors (Lipinski definition) is 6. The van der Waals surface area contributed by atoms with Gasteiger partial charge in [-0.1, -0.05) is 5.10 Å². The Morgan fingerprint density at radius 2 is 2.17 bits per heavy atom. The van der Waals surface area contributed by atoms with Crippen LogP contribution >= 0.6 is 0 Å². The Kier molecular flexibility index (Phi) is 5.57. The number of aromatic nitrogens is 2. The molecule has 1 aromatic rings. The van der Waals surface area contributed by atoms with Crippen molar-refractivity contribution in [3.05, 3.63) is 5.89 Å². The van der Waals surface area contributed by atoms with Crippen molar-refractivity contribution in [1.82, 2.24) is 20.8 Å². The molecule has 1 aromatic heterocycles. The second-order valence-electron chi connectivity index (χ2n) is 4.25. The fraction of sp³-hybridized carbons (Fsp3) is 0.727. The van der Waals surface area contributed by atoms with Gasteiger partial charge in [-0.3, -0.25) is 4.79 Å². The standard InChI is InChI=1S/C11H21N5O2/c1-5-16(7-9(17)13-8(2)3)11-15-14-10(18-11)6-12-4/h8,12H,5-7H2,1-4H3,(H,13,17). The summed E-state index contributed by atoms with van der Waals surface area (Å²) >= 11 is 0. The van der Waals surface area contributed by atoms with E-state index in [2.05, 4.69) is 20.8 Å². The van der Waals surface area contributed by atoms with Gasteiger partial charge >= 0.3 is 6.01 Å². The van der Waals surface area contributed by atoms with Gasteiger partial charge in [0.15, 0.2) is 0 Å². The molecule has 2 N–H and O–H groups in total. The van der Waals surface area contributed by atoms with E-state index in [9.17, 15) is 4.79 Å². The molecule has 1 heterocycles. The SMILES string of the molecule is CCN(CC(=O)NC(C)C)c1nnc(CNC)o1. The zero-order valence-corrected chi connectivity index (χ0v) is 11.4. The van der Waals surface area contributed by atoms with Crippen LogP contribution in [0.1, 0.15) is 26.7 Å². The maximum Gasteiger partial charge on any atom is 0.318 e. The normalized spacial score (nSPS) is 10.7. The van der Waals surface area contributed by atoms with Crippen molar-refractivity contribution < 1.29 is 9.21 Å². The quantitative estimate of drug-likeness (QED) is 0.721. The number of likely N-dealkylation sites (N-methyl/N-ethyl adjacent to an activating group) is 1. The largest absolute Gasteiger partial charge is 0.407 e. The molecular weight excluding hydrogens is 234 g/mol. The van der Waals surface area contributed by atoms with Crippen LogP contribution in [0.5, 0.6) is 0 Å². The van der Waals surface area contributed by atoms with Crippen LogP contribution in [0.25, 0.3) is 0 Å². The number of nitrogens with one attached hydrogen (secondary N) is 2. The number of hydrogen-bond donors (Lipinski definition) is 2. The van der Waals surface area contributed by atoms with Gasteiger partial charge < -0.3 is 20.0 Å². The van der Waals surface area contributed by atoms with Crippen molar-refractivity contribution in [2.75, 3.05) is 25.0 Å². The summed E-state index contributed by atoms with van der Waals surface area (Å²) in [4.78, 5) is 13.4. The van der Waals surface area contributed by atoms with E-state index in [0.717, 1.165) is 0 Å². The Balaban J connectivity index is 2.61. The van der Waals surface area contributed by atoms with Gasteiger partial charge in [0.1, 0.15) is 6.54 Å². The minimum Gasteiger partial charge on any atom is -0.407 e. The molecular formula is C11H21N5O2. The molecule has 7 nitrogen and oxygen atoms in total. The van der Waals surface area contributed by atoms with Crippen LogP contribution < -0.4 is 15.5 Å². The second-order valence-corrected chi connectivity index (χ2v) is 4.25. The molecule has 0 aliphatic heterocycles. The Labute approximate surface area is 107 Å². The summed E-state index contributed by atoms with van der Waals surface area (Å²) in [5.41, 5.74) is 0. The predicted molar refractivity (Wildman–Crippen MR) is 68.2 cm³/mol. The molecule has 0 aliphatic rings. The molecule has 0 fully saturated rings. The lowest BCUT2D eigenvalue weighted by atomic mass is 10.4. The lowest BCUT2D eigenvalue weighted by Gasteiger charge is -2.18. The van der Waals surface area contributed by atoms with Gasteiger partial charge in [-0.15, -0.1) is 5.10 Å². The van der Waals surface area contributed by atoms with Crippen LogP contribution in [0.2, 0.25) is 0 Å². The van der Waals surface area contributed by atoms with Crippen molar-refractivity contribution in [3.8, 4) is 0 Å². The summed E-state index contributed by atoms with van der Waals surface area (Å²) in [6, 6.07) is 0.500. The summed E-state index contributed by atoms with van der Waals surface area (Å²) in [5.74, 6) is 0.454. The zero-order valence-electron chi connectivity index (χ0n) is 11.4. The zero-order chi connectivity index (χ0) is 13.5. The fourth-order valence-corrected chi connectivity index (χ4v) is 1.45. The molecule has 18 heavy (non-hydrogen) atoms. The topological polar surface area (TPSA) is 83.3 Å². The molecule has 0 aliphatic carbocycles. The maximum atomic E-state index is 11.7. The van der Waals surface area contributed by atoms with Crippen molar-refractivity contribution >= 4 is 11.9 Å². The molecule has 1 rings (SSSR count). The first-order valence-electron chi connectivity index (χ1n) is 6.08. The minimum absolute atomic E-state index is 0.0554. The van der Waals surface area contributed by atoms with Gasteiger partial charge in [0.2, 0.25) is 11.8 Å². The van der Waals surface area contributed by atoms with E-state index < -0.39 is 0 Å². The average molecular weight is 255 g/mol. The smallest absolute Gasteiger partial charge is 0.318 e. The Morgan fingerprint density at radius 3 is 2.72 bits per heavy atom. The van der Waals surface area contributed by atoms with Crippen LogP contribution in [0, 0.1) is 0 Å². The molecule has 0 saturated heterocycles. The summed E-state index contributed by atoms with van der Waals surface area (Å²) in [6.07, 6.45) is 0. The van der Waals surface area contributed by atoms with Gasteiger partial charge in [-0.2, -0.15) is 0 Å². The number of carbonyl (C=O) groups is 1. The number of nitrogens with zero attached hydrogens (tertiary/aromatic N) is 3. The highest BCUT2D eigenvalue weighted by Crippen LogP contribution is 2.11. The number of amides is 1. The van der Waals surface area contributed by atoms with Crippen molar-refractivity contribution in [2.24, 2.45) is 0 Å². The molecule has 102 valence electrons. The summed E-state index contributed by atoms with van der Waals surface area (Å²) in [6.45, 7) is 7.15. The highest BCUT2D eigenvalue weighted by Gasteiger charge is 2.16. The maximum absolute atomic E-state index is 11.7. The van der Waals surface area contributed by atoms with E-state index in [0.29, 0.717) is 25.0 Å². The highest BCUT2D eigenvalue weighted by atomic mass is 16.4. The van der Waals surface area contributed by atoms with E-state index in [4.69, 9.17) is 4.42 Å². The van der Waals surface area contributed by atoms with Gasteiger partial charge in [0.25, 0.3) is 0 Å².